The van der Waals surface area contributed by atoms with E-state index in [1.54, 1.807) is 11.3 Å². The van der Waals surface area contributed by atoms with Gasteiger partial charge in [-0.2, -0.15) is 0 Å². The SMILES string of the molecule is CCc1cc2c(cc1-c1csc(-c3ccc(Cl)cc3)n1)C(C)(C)CCC2(C)C. The number of fused-ring (bicyclic) bond motifs is 1. The molecule has 1 heterocycles. The molecule has 3 aromatic rings. The molecular weight excluding hydrogens is 382 g/mol. The second-order valence-corrected chi connectivity index (χ2v) is 10.5. The molecule has 0 amide bonds. The minimum Gasteiger partial charge on any atom is -0.236 e. The number of aryl methyl sites for hydroxylation is 1. The summed E-state index contributed by atoms with van der Waals surface area (Å²) in [6, 6.07) is 12.9. The Morgan fingerprint density at radius 1 is 0.964 bits per heavy atom. The molecule has 0 radical (unpaired) electrons. The number of aromatic nitrogens is 1. The zero-order chi connectivity index (χ0) is 20.1. The van der Waals surface area contributed by atoms with Gasteiger partial charge in [0.05, 0.1) is 5.69 Å². The van der Waals surface area contributed by atoms with E-state index in [4.69, 9.17) is 16.6 Å². The van der Waals surface area contributed by atoms with Crippen molar-refractivity contribution in [2.24, 2.45) is 0 Å². The monoisotopic (exact) mass is 409 g/mol. The van der Waals surface area contributed by atoms with E-state index >= 15 is 0 Å². The van der Waals surface area contributed by atoms with Gasteiger partial charge in [0.15, 0.2) is 0 Å². The van der Waals surface area contributed by atoms with Crippen LogP contribution in [-0.4, -0.2) is 4.98 Å². The summed E-state index contributed by atoms with van der Waals surface area (Å²) in [5.74, 6) is 0. The molecule has 1 aliphatic rings. The van der Waals surface area contributed by atoms with E-state index in [-0.39, 0.29) is 10.8 Å². The normalized spacial score (nSPS) is 17.4. The lowest BCUT2D eigenvalue weighted by Gasteiger charge is -2.42. The van der Waals surface area contributed by atoms with Crippen molar-refractivity contribution in [1.29, 1.82) is 0 Å². The summed E-state index contributed by atoms with van der Waals surface area (Å²) in [6.45, 7) is 11.8. The highest BCUT2D eigenvalue weighted by Gasteiger charge is 2.37. The molecule has 4 rings (SSSR count). The smallest absolute Gasteiger partial charge is 0.124 e. The predicted octanol–water partition coefficient (Wildman–Crippen LogP) is 8.04. The van der Waals surface area contributed by atoms with Crippen molar-refractivity contribution in [2.75, 3.05) is 0 Å². The van der Waals surface area contributed by atoms with Crippen molar-refractivity contribution >= 4 is 22.9 Å². The third-order valence-electron chi connectivity index (χ3n) is 6.33. The maximum Gasteiger partial charge on any atom is 0.124 e. The number of nitrogens with zero attached hydrogens (tertiary/aromatic N) is 1. The van der Waals surface area contributed by atoms with Gasteiger partial charge in [-0.3, -0.25) is 0 Å². The van der Waals surface area contributed by atoms with Crippen molar-refractivity contribution < 1.29 is 0 Å². The molecule has 1 nitrogen and oxygen atoms in total. The fraction of sp³-hybridized carbons (Fsp3) is 0.400. The summed E-state index contributed by atoms with van der Waals surface area (Å²) in [5, 5.41) is 4.01. The highest BCUT2D eigenvalue weighted by molar-refractivity contribution is 7.13. The summed E-state index contributed by atoms with van der Waals surface area (Å²) in [6.07, 6.45) is 3.49. The van der Waals surface area contributed by atoms with Crippen molar-refractivity contribution in [2.45, 2.75) is 64.7 Å². The number of hydrogen-bond donors (Lipinski definition) is 0. The molecule has 146 valence electrons. The van der Waals surface area contributed by atoms with Crippen LogP contribution in [0.1, 0.15) is 64.2 Å². The van der Waals surface area contributed by atoms with E-state index < -0.39 is 0 Å². The van der Waals surface area contributed by atoms with Crippen LogP contribution in [-0.2, 0) is 17.3 Å². The topological polar surface area (TPSA) is 12.9 Å². The molecule has 0 saturated heterocycles. The number of halogens is 1. The molecule has 0 spiro atoms. The van der Waals surface area contributed by atoms with Crippen LogP contribution in [0.15, 0.2) is 41.8 Å². The first-order valence-electron chi connectivity index (χ1n) is 10.1. The highest BCUT2D eigenvalue weighted by Crippen LogP contribution is 2.48. The Morgan fingerprint density at radius 2 is 1.57 bits per heavy atom. The lowest BCUT2D eigenvalue weighted by Crippen LogP contribution is -2.34. The lowest BCUT2D eigenvalue weighted by molar-refractivity contribution is 0.331. The Bertz CT molecular complexity index is 1010. The van der Waals surface area contributed by atoms with Gasteiger partial charge in [0.25, 0.3) is 0 Å². The maximum absolute atomic E-state index is 6.04. The van der Waals surface area contributed by atoms with Crippen LogP contribution in [0.2, 0.25) is 5.02 Å². The van der Waals surface area contributed by atoms with Gasteiger partial charge in [-0.1, -0.05) is 64.4 Å². The van der Waals surface area contributed by atoms with Crippen LogP contribution in [0.4, 0.5) is 0 Å². The fourth-order valence-electron chi connectivity index (χ4n) is 4.31. The lowest BCUT2D eigenvalue weighted by atomic mass is 9.62. The summed E-state index contributed by atoms with van der Waals surface area (Å²) in [5.41, 5.74) is 8.38. The molecule has 2 aromatic carbocycles. The third kappa shape index (κ3) is 3.42. The largest absolute Gasteiger partial charge is 0.236 e. The van der Waals surface area contributed by atoms with Crippen LogP contribution in [0.25, 0.3) is 21.8 Å². The van der Waals surface area contributed by atoms with Crippen molar-refractivity contribution in [3.05, 3.63) is 63.5 Å². The van der Waals surface area contributed by atoms with E-state index in [0.29, 0.717) is 0 Å². The zero-order valence-electron chi connectivity index (χ0n) is 17.4. The summed E-state index contributed by atoms with van der Waals surface area (Å²) < 4.78 is 0. The van der Waals surface area contributed by atoms with Gasteiger partial charge in [-0.15, -0.1) is 11.3 Å². The van der Waals surface area contributed by atoms with Crippen LogP contribution in [0, 0.1) is 0 Å². The molecule has 3 heteroatoms. The summed E-state index contributed by atoms with van der Waals surface area (Å²) >= 11 is 7.75. The van der Waals surface area contributed by atoms with Crippen LogP contribution in [0.3, 0.4) is 0 Å². The van der Waals surface area contributed by atoms with Gasteiger partial charge in [0.2, 0.25) is 0 Å². The van der Waals surface area contributed by atoms with Gasteiger partial charge in [-0.05, 0) is 65.0 Å². The molecule has 1 aromatic heterocycles. The van der Waals surface area contributed by atoms with Gasteiger partial charge in [0, 0.05) is 21.5 Å². The predicted molar refractivity (Wildman–Crippen MR) is 123 cm³/mol. The first kappa shape index (κ1) is 19.7. The molecule has 0 bridgehead atoms. The maximum atomic E-state index is 6.04. The summed E-state index contributed by atoms with van der Waals surface area (Å²) in [4.78, 5) is 5.00. The summed E-state index contributed by atoms with van der Waals surface area (Å²) in [7, 11) is 0. The molecule has 1 aliphatic carbocycles. The third-order valence-corrected chi connectivity index (χ3v) is 7.47. The molecule has 0 N–H and O–H groups in total. The van der Waals surface area contributed by atoms with E-state index in [9.17, 15) is 0 Å². The molecule has 0 fully saturated rings. The van der Waals surface area contributed by atoms with Crippen molar-refractivity contribution in [1.82, 2.24) is 4.98 Å². The minimum atomic E-state index is 0.209. The number of benzene rings is 2. The molecule has 0 saturated carbocycles. The average molecular weight is 410 g/mol. The van der Waals surface area contributed by atoms with Crippen LogP contribution in [0.5, 0.6) is 0 Å². The van der Waals surface area contributed by atoms with Gasteiger partial charge < -0.3 is 0 Å². The Balaban J connectivity index is 1.84. The molecule has 0 atom stereocenters. The van der Waals surface area contributed by atoms with Crippen LogP contribution < -0.4 is 0 Å². The van der Waals surface area contributed by atoms with Gasteiger partial charge in [0.1, 0.15) is 5.01 Å². The molecule has 0 unspecified atom stereocenters. The molecule has 28 heavy (non-hydrogen) atoms. The number of thiazole rings is 1. The van der Waals surface area contributed by atoms with Crippen molar-refractivity contribution in [3.63, 3.8) is 0 Å². The average Bonchev–Trinajstić information content (AvgIpc) is 3.15. The van der Waals surface area contributed by atoms with Gasteiger partial charge >= 0.3 is 0 Å². The van der Waals surface area contributed by atoms with E-state index in [1.165, 1.54) is 35.1 Å². The quantitative estimate of drug-likeness (QED) is 0.426. The first-order valence-corrected chi connectivity index (χ1v) is 11.4. The van der Waals surface area contributed by atoms with E-state index in [2.05, 4.69) is 52.1 Å². The number of hydrogen-bond acceptors (Lipinski definition) is 2. The molecular formula is C25H28ClNS. The molecule has 0 aliphatic heterocycles. The Morgan fingerprint density at radius 3 is 2.18 bits per heavy atom. The van der Waals surface area contributed by atoms with Crippen molar-refractivity contribution in [3.8, 4) is 21.8 Å². The fourth-order valence-corrected chi connectivity index (χ4v) is 5.26. The van der Waals surface area contributed by atoms with Gasteiger partial charge in [-0.25, -0.2) is 4.98 Å². The van der Waals surface area contributed by atoms with Crippen LogP contribution >= 0.6 is 22.9 Å². The second kappa shape index (κ2) is 7.00. The Labute approximate surface area is 177 Å². The number of rotatable bonds is 3. The first-order chi connectivity index (χ1) is 13.2. The second-order valence-electron chi connectivity index (χ2n) is 9.22. The van der Waals surface area contributed by atoms with E-state index in [0.717, 1.165) is 27.7 Å². The minimum absolute atomic E-state index is 0.209. The van der Waals surface area contributed by atoms with E-state index in [1.807, 2.05) is 24.3 Å². The highest BCUT2D eigenvalue weighted by atomic mass is 35.5. The zero-order valence-corrected chi connectivity index (χ0v) is 19.0. The Hall–Kier alpha value is -1.64. The Kier molecular flexibility index (Phi) is 4.92. The standard InChI is InChI=1S/C25H28ClNS/c1-6-16-13-20-21(25(4,5)12-11-24(20,2)3)14-19(16)22-15-28-23(27-22)17-7-9-18(26)10-8-17/h7-10,13-15H,6,11-12H2,1-5H3.